The normalized spacial score (nSPS) is 13.0. The van der Waals surface area contributed by atoms with Gasteiger partial charge in [0.05, 0.1) is 10.6 Å². The van der Waals surface area contributed by atoms with Crippen LogP contribution in [-0.2, 0) is 10.8 Å². The van der Waals surface area contributed by atoms with E-state index in [1.807, 2.05) is 13.0 Å². The van der Waals surface area contributed by atoms with E-state index in [0.29, 0.717) is 17.0 Å². The number of carbonyl (C=O) groups is 1. The number of nitrogens with one attached hydrogen (secondary N) is 1. The summed E-state index contributed by atoms with van der Waals surface area (Å²) in [7, 11) is 0. The topological polar surface area (TPSA) is 58.6 Å². The van der Waals surface area contributed by atoms with Crippen molar-refractivity contribution in [1.82, 2.24) is 5.32 Å². The number of phenols is 1. The van der Waals surface area contributed by atoms with Gasteiger partial charge in [-0.25, -0.2) is 0 Å². The first kappa shape index (κ1) is 27.3. The van der Waals surface area contributed by atoms with Crippen LogP contribution in [0, 0.1) is 6.92 Å². The zero-order chi connectivity index (χ0) is 25.1. The van der Waals surface area contributed by atoms with Crippen molar-refractivity contribution in [1.29, 1.82) is 0 Å². The van der Waals surface area contributed by atoms with Crippen molar-refractivity contribution in [2.75, 3.05) is 0 Å². The second-order valence-electron chi connectivity index (χ2n) is 9.87. The van der Waals surface area contributed by atoms with Crippen LogP contribution in [0.1, 0.15) is 94.8 Å². The van der Waals surface area contributed by atoms with Gasteiger partial charge in [0.1, 0.15) is 11.5 Å². The van der Waals surface area contributed by atoms with Crippen LogP contribution in [0.4, 0.5) is 0 Å². The van der Waals surface area contributed by atoms with Crippen molar-refractivity contribution < 1.29 is 14.6 Å². The van der Waals surface area contributed by atoms with Gasteiger partial charge in [0.2, 0.25) is 0 Å². The summed E-state index contributed by atoms with van der Waals surface area (Å²) in [5.74, 6) is -0.0399. The quantitative estimate of drug-likeness (QED) is 0.348. The van der Waals surface area contributed by atoms with E-state index in [9.17, 15) is 9.90 Å². The van der Waals surface area contributed by atoms with E-state index in [0.717, 1.165) is 24.2 Å². The molecule has 6 heteroatoms. The third-order valence-electron chi connectivity index (χ3n) is 6.86. The average Bonchev–Trinajstić information content (AvgIpc) is 2.79. The van der Waals surface area contributed by atoms with Crippen LogP contribution in [0.3, 0.4) is 0 Å². The molecule has 0 unspecified atom stereocenters. The fourth-order valence-corrected chi connectivity index (χ4v) is 3.90. The minimum Gasteiger partial charge on any atom is -0.506 e. The Labute approximate surface area is 208 Å². The van der Waals surface area contributed by atoms with Gasteiger partial charge in [-0.05, 0) is 53.9 Å². The predicted molar refractivity (Wildman–Crippen MR) is 138 cm³/mol. The van der Waals surface area contributed by atoms with Crippen LogP contribution in [0.25, 0.3) is 0 Å². The number of benzene rings is 2. The summed E-state index contributed by atoms with van der Waals surface area (Å²) in [5, 5.41) is 13.6. The highest BCUT2D eigenvalue weighted by atomic mass is 35.5. The molecule has 0 aliphatic carbocycles. The molecular weight excluding hydrogens is 457 g/mol. The molecule has 0 spiro atoms. The molecule has 1 atom stereocenters. The van der Waals surface area contributed by atoms with Crippen LogP contribution >= 0.6 is 23.2 Å². The Morgan fingerprint density at radius 3 is 2.21 bits per heavy atom. The number of ether oxygens (including phenoxy) is 1. The number of carbonyl (C=O) groups excluding carboxylic acids is 1. The molecule has 0 bridgehead atoms. The Hall–Kier alpha value is -1.91. The lowest BCUT2D eigenvalue weighted by Crippen LogP contribution is -2.39. The molecule has 0 fully saturated rings. The first-order valence-electron chi connectivity index (χ1n) is 11.6. The zero-order valence-corrected chi connectivity index (χ0v) is 22.5. The van der Waals surface area contributed by atoms with E-state index >= 15 is 0 Å². The van der Waals surface area contributed by atoms with Crippen LogP contribution in [-0.4, -0.2) is 17.2 Å². The lowest BCUT2D eigenvalue weighted by atomic mass is 9.76. The summed E-state index contributed by atoms with van der Waals surface area (Å²) >= 11 is 12.3. The van der Waals surface area contributed by atoms with E-state index in [1.165, 1.54) is 11.6 Å². The van der Waals surface area contributed by atoms with E-state index in [-0.39, 0.29) is 27.2 Å². The molecule has 0 aromatic heterocycles. The molecule has 4 nitrogen and oxygen atoms in total. The summed E-state index contributed by atoms with van der Waals surface area (Å²) in [4.78, 5) is 12.9. The van der Waals surface area contributed by atoms with Gasteiger partial charge in [-0.2, -0.15) is 0 Å². The molecule has 0 radical (unpaired) electrons. The molecule has 2 N–H and O–H groups in total. The summed E-state index contributed by atoms with van der Waals surface area (Å²) < 4.78 is 6.32. The lowest BCUT2D eigenvalue weighted by Gasteiger charge is -2.31. The average molecular weight is 495 g/mol. The van der Waals surface area contributed by atoms with Gasteiger partial charge in [0.25, 0.3) is 5.91 Å². The van der Waals surface area contributed by atoms with Crippen molar-refractivity contribution >= 4 is 29.1 Å². The number of aromatic hydroxyl groups is 1. The number of hydrogen-bond acceptors (Lipinski definition) is 3. The third-order valence-corrected chi connectivity index (χ3v) is 7.71. The largest absolute Gasteiger partial charge is 0.506 e. The van der Waals surface area contributed by atoms with Crippen LogP contribution in [0.2, 0.25) is 10.0 Å². The van der Waals surface area contributed by atoms with Crippen LogP contribution in [0.15, 0.2) is 24.3 Å². The summed E-state index contributed by atoms with van der Waals surface area (Å²) in [6.45, 7) is 16.8. The second-order valence-corrected chi connectivity index (χ2v) is 10.7. The first-order valence-corrected chi connectivity index (χ1v) is 12.3. The van der Waals surface area contributed by atoms with Gasteiger partial charge in [0, 0.05) is 17.0 Å². The Morgan fingerprint density at radius 2 is 1.67 bits per heavy atom. The molecule has 0 aliphatic rings. The second kappa shape index (κ2) is 10.6. The minimum absolute atomic E-state index is 0.0202. The van der Waals surface area contributed by atoms with E-state index in [2.05, 4.69) is 59.0 Å². The third kappa shape index (κ3) is 5.96. The summed E-state index contributed by atoms with van der Waals surface area (Å²) in [5.41, 5.74) is 2.87. The van der Waals surface area contributed by atoms with Crippen molar-refractivity contribution in [3.05, 3.63) is 56.6 Å². The van der Waals surface area contributed by atoms with Crippen molar-refractivity contribution in [3.63, 3.8) is 0 Å². The molecule has 33 heavy (non-hydrogen) atoms. The monoisotopic (exact) mass is 493 g/mol. The zero-order valence-electron chi connectivity index (χ0n) is 21.0. The smallest absolute Gasteiger partial charge is 0.257 e. The molecule has 2 rings (SSSR count). The SMILES string of the molecule is CC[C@H](NC(=O)c1cc(Cl)c(C)c(Cl)c1O)Oc1ccc(C(C)(C)CC)cc1C(C)(C)CC. The number of halogens is 2. The van der Waals surface area contributed by atoms with Crippen molar-refractivity contribution in [2.24, 2.45) is 0 Å². The number of hydrogen-bond donors (Lipinski definition) is 2. The highest BCUT2D eigenvalue weighted by Crippen LogP contribution is 2.39. The van der Waals surface area contributed by atoms with Gasteiger partial charge in [-0.3, -0.25) is 4.79 Å². The molecule has 1 amide bonds. The van der Waals surface area contributed by atoms with Gasteiger partial charge in [-0.15, -0.1) is 0 Å². The molecule has 2 aromatic carbocycles. The molecule has 0 heterocycles. The fourth-order valence-electron chi connectivity index (χ4n) is 3.45. The molecule has 2 aromatic rings. The van der Waals surface area contributed by atoms with E-state index < -0.39 is 12.1 Å². The maximum Gasteiger partial charge on any atom is 0.257 e. The highest BCUT2D eigenvalue weighted by Gasteiger charge is 2.28. The fraction of sp³-hybridized carbons (Fsp3) is 0.519. The van der Waals surface area contributed by atoms with Gasteiger partial charge >= 0.3 is 0 Å². The van der Waals surface area contributed by atoms with E-state index in [4.69, 9.17) is 27.9 Å². The molecule has 182 valence electrons. The Morgan fingerprint density at radius 1 is 1.06 bits per heavy atom. The maximum absolute atomic E-state index is 12.9. The number of amides is 1. The number of rotatable bonds is 9. The predicted octanol–water partition coefficient (Wildman–Crippen LogP) is 7.93. The van der Waals surface area contributed by atoms with Gasteiger partial charge in [-0.1, -0.05) is 83.8 Å². The molecular formula is C27H37Cl2NO3. The Balaban J connectivity index is 2.39. The molecule has 0 saturated carbocycles. The highest BCUT2D eigenvalue weighted by molar-refractivity contribution is 6.37. The van der Waals surface area contributed by atoms with Gasteiger partial charge in [0.15, 0.2) is 6.23 Å². The Kier molecular flexibility index (Phi) is 8.75. The summed E-state index contributed by atoms with van der Waals surface area (Å²) in [6.07, 6.45) is 1.91. The number of phenolic OH excluding ortho intramolecular Hbond substituents is 1. The van der Waals surface area contributed by atoms with Crippen molar-refractivity contribution in [2.45, 2.75) is 91.7 Å². The maximum atomic E-state index is 12.9. The van der Waals surface area contributed by atoms with Crippen molar-refractivity contribution in [3.8, 4) is 11.5 Å². The van der Waals surface area contributed by atoms with E-state index in [1.54, 1.807) is 6.92 Å². The van der Waals surface area contributed by atoms with Crippen LogP contribution < -0.4 is 10.1 Å². The van der Waals surface area contributed by atoms with Crippen LogP contribution in [0.5, 0.6) is 11.5 Å². The van der Waals surface area contributed by atoms with Gasteiger partial charge < -0.3 is 15.2 Å². The molecule has 0 aliphatic heterocycles. The summed E-state index contributed by atoms with van der Waals surface area (Å²) in [6, 6.07) is 7.77. The standard InChI is InChI=1S/C27H37Cl2NO3/c1-9-22(30-25(32)18-15-20(28)16(4)23(29)24(18)31)33-21-13-12-17(26(5,6)10-2)14-19(21)27(7,8)11-3/h12-15,22,31H,9-11H2,1-8H3,(H,30,32)/t22-/m1/s1. The first-order chi connectivity index (χ1) is 15.3. The lowest BCUT2D eigenvalue weighted by molar-refractivity contribution is 0.0816. The Bertz CT molecular complexity index is 1010. The molecule has 0 saturated heterocycles. The minimum atomic E-state index is -0.591.